The van der Waals surface area contributed by atoms with Gasteiger partial charge in [-0.1, -0.05) is 43.0 Å². The van der Waals surface area contributed by atoms with Gasteiger partial charge in [0, 0.05) is 0 Å². The number of nitriles is 2. The molecule has 0 heterocycles. The number of rotatable bonds is 1. The molecule has 1 aromatic carbocycles. The molecule has 2 nitrogen and oxygen atoms in total. The third-order valence-electron chi connectivity index (χ3n) is 1.04. The van der Waals surface area contributed by atoms with Crippen LogP contribution in [0.4, 0.5) is 0 Å². The van der Waals surface area contributed by atoms with E-state index in [0.717, 1.165) is 0 Å². The molecule has 0 saturated heterocycles. The van der Waals surface area contributed by atoms with Crippen molar-refractivity contribution in [3.05, 3.63) is 42.5 Å². The van der Waals surface area contributed by atoms with Crippen molar-refractivity contribution in [2.45, 2.75) is 0 Å². The molecule has 1 aromatic rings. The monoisotopic (exact) mass is 318 g/mol. The Morgan fingerprint density at radius 1 is 1.07 bits per heavy atom. The molecule has 0 aliphatic carbocycles. The van der Waals surface area contributed by atoms with Crippen LogP contribution in [0.3, 0.4) is 0 Å². The second-order valence-electron chi connectivity index (χ2n) is 1.81. The second-order valence-corrected chi connectivity index (χ2v) is 2.65. The van der Waals surface area contributed by atoms with E-state index in [1.807, 2.05) is 36.4 Å². The molecule has 0 aliphatic rings. The summed E-state index contributed by atoms with van der Waals surface area (Å²) in [6.45, 7) is 3.63. The topological polar surface area (TPSA) is 47.6 Å². The molecule has 14 heavy (non-hydrogen) atoms. The van der Waals surface area contributed by atoms with Crippen molar-refractivity contribution in [2.24, 2.45) is 0 Å². The molecule has 0 unspecified atom stereocenters. The molecule has 0 saturated carbocycles. The Hall–Kier alpha value is -1.02. The summed E-state index contributed by atoms with van der Waals surface area (Å²) in [6, 6.07) is 10.0. The first-order chi connectivity index (χ1) is 6.76. The average molecular weight is 316 g/mol. The standard InChI is InChI=1S/C8H8.2CHNSe/c1-2-8-6-4-3-5-7-8;2*2-1-3/h2-7H,1H2;2*3H. The predicted octanol–water partition coefficient (Wildman–Crippen LogP) is 1.07. The molecule has 0 spiro atoms. The van der Waals surface area contributed by atoms with Gasteiger partial charge < -0.3 is 0 Å². The number of benzene rings is 1. The average Bonchev–Trinajstić information content (AvgIpc) is 2.21. The quantitative estimate of drug-likeness (QED) is 0.728. The van der Waals surface area contributed by atoms with Crippen LogP contribution in [0.25, 0.3) is 6.08 Å². The summed E-state index contributed by atoms with van der Waals surface area (Å²) in [6.07, 6.45) is 1.83. The third kappa shape index (κ3) is 13.6. The zero-order valence-electron chi connectivity index (χ0n) is 7.46. The first kappa shape index (κ1) is 15.5. The fourth-order valence-electron chi connectivity index (χ4n) is 0.589. The number of hydrogen-bond donors (Lipinski definition) is 0. The molecule has 1 rings (SSSR count). The van der Waals surface area contributed by atoms with Gasteiger partial charge in [-0.15, -0.1) is 0 Å². The molecule has 0 aromatic heterocycles. The zero-order chi connectivity index (χ0) is 11.2. The summed E-state index contributed by atoms with van der Waals surface area (Å²) in [5.41, 5.74) is 1.17. The van der Waals surface area contributed by atoms with Gasteiger partial charge in [-0.25, -0.2) is 0 Å². The van der Waals surface area contributed by atoms with Gasteiger partial charge in [-0.2, -0.15) is 0 Å². The number of hydrogen-bond acceptors (Lipinski definition) is 2. The van der Waals surface area contributed by atoms with Gasteiger partial charge in [0.05, 0.1) is 0 Å². The summed E-state index contributed by atoms with van der Waals surface area (Å²) >= 11 is 3.54. The van der Waals surface area contributed by atoms with Crippen LogP contribution in [-0.2, 0) is 0 Å². The van der Waals surface area contributed by atoms with E-state index in [9.17, 15) is 0 Å². The van der Waals surface area contributed by atoms with Crippen molar-refractivity contribution in [1.29, 1.82) is 10.5 Å². The van der Waals surface area contributed by atoms with Gasteiger partial charge in [0.25, 0.3) is 0 Å². The summed E-state index contributed by atoms with van der Waals surface area (Å²) in [5.74, 6) is 0. The Morgan fingerprint density at radius 2 is 1.43 bits per heavy atom. The Balaban J connectivity index is 0. The first-order valence-corrected chi connectivity index (χ1v) is 5.38. The van der Waals surface area contributed by atoms with Crippen LogP contribution in [0.5, 0.6) is 0 Å². The fraction of sp³-hybridized carbons (Fsp3) is 0. The van der Waals surface area contributed by atoms with E-state index in [1.165, 1.54) is 5.56 Å². The normalized spacial score (nSPS) is 6.00. The molecule has 0 N–H and O–H groups in total. The molecule has 0 atom stereocenters. The Kier molecular flexibility index (Phi) is 16.0. The van der Waals surface area contributed by atoms with Gasteiger partial charge in [-0.3, -0.25) is 0 Å². The van der Waals surface area contributed by atoms with Crippen LogP contribution in [0.2, 0.25) is 0 Å². The molecule has 4 heteroatoms. The summed E-state index contributed by atoms with van der Waals surface area (Å²) in [4.78, 5) is 3.38. The summed E-state index contributed by atoms with van der Waals surface area (Å²) < 4.78 is 0. The van der Waals surface area contributed by atoms with Crippen molar-refractivity contribution in [2.75, 3.05) is 0 Å². The van der Waals surface area contributed by atoms with Crippen molar-refractivity contribution in [3.63, 3.8) is 0 Å². The van der Waals surface area contributed by atoms with Gasteiger partial charge >= 0.3 is 52.5 Å². The second kappa shape index (κ2) is 14.5. The minimum absolute atomic E-state index is 1.17. The SMILES string of the molecule is C=Cc1ccccc1.N#C[SeH].N#C[SeH]. The van der Waals surface area contributed by atoms with E-state index in [-0.39, 0.29) is 0 Å². The molecular formula is C10H10N2Se2. The Labute approximate surface area is 101 Å². The third-order valence-corrected chi connectivity index (χ3v) is 1.04. The van der Waals surface area contributed by atoms with Crippen LogP contribution in [0.1, 0.15) is 5.56 Å². The molecular weight excluding hydrogens is 306 g/mol. The van der Waals surface area contributed by atoms with E-state index in [2.05, 4.69) is 6.58 Å². The van der Waals surface area contributed by atoms with Gasteiger partial charge in [0.2, 0.25) is 0 Å². The van der Waals surface area contributed by atoms with Crippen LogP contribution < -0.4 is 0 Å². The minimum atomic E-state index is 1.17. The van der Waals surface area contributed by atoms with Crippen molar-refractivity contribution < 1.29 is 0 Å². The van der Waals surface area contributed by atoms with Crippen molar-refractivity contribution in [1.82, 2.24) is 0 Å². The first-order valence-electron chi connectivity index (χ1n) is 3.50. The van der Waals surface area contributed by atoms with E-state index < -0.39 is 0 Å². The van der Waals surface area contributed by atoms with Crippen LogP contribution in [0.15, 0.2) is 36.9 Å². The molecule has 0 bridgehead atoms. The zero-order valence-corrected chi connectivity index (χ0v) is 11.2. The Bertz CT molecular complexity index is 297. The van der Waals surface area contributed by atoms with E-state index >= 15 is 0 Å². The molecule has 0 amide bonds. The van der Waals surface area contributed by atoms with E-state index in [4.69, 9.17) is 10.5 Å². The van der Waals surface area contributed by atoms with Crippen LogP contribution >= 0.6 is 0 Å². The maximum atomic E-state index is 7.29. The van der Waals surface area contributed by atoms with Crippen LogP contribution in [0, 0.1) is 20.5 Å². The Morgan fingerprint density at radius 3 is 1.64 bits per heavy atom. The van der Waals surface area contributed by atoms with E-state index in [0.29, 0.717) is 0 Å². The van der Waals surface area contributed by atoms with Crippen molar-refractivity contribution >= 4 is 38.1 Å². The number of nitrogens with zero attached hydrogens (tertiary/aromatic N) is 2. The molecule has 72 valence electrons. The van der Waals surface area contributed by atoms with Gasteiger partial charge in [-0.05, 0) is 5.56 Å². The molecule has 0 aliphatic heterocycles. The predicted molar refractivity (Wildman–Crippen MR) is 62.1 cm³/mol. The van der Waals surface area contributed by atoms with Gasteiger partial charge in [0.15, 0.2) is 0 Å². The molecule has 0 radical (unpaired) electrons. The summed E-state index contributed by atoms with van der Waals surface area (Å²) in [7, 11) is 0. The van der Waals surface area contributed by atoms with Crippen LogP contribution in [-0.4, -0.2) is 32.0 Å². The fourth-order valence-corrected chi connectivity index (χ4v) is 0.589. The van der Waals surface area contributed by atoms with E-state index in [1.54, 1.807) is 42.0 Å². The summed E-state index contributed by atoms with van der Waals surface area (Å²) in [5, 5.41) is 14.6. The van der Waals surface area contributed by atoms with Gasteiger partial charge in [0.1, 0.15) is 0 Å². The van der Waals surface area contributed by atoms with Crippen molar-refractivity contribution in [3.8, 4) is 9.94 Å². The maximum absolute atomic E-state index is 7.29. The molecule has 0 fully saturated rings.